The molecule has 0 unspecified atom stereocenters. The van der Waals surface area contributed by atoms with Crippen molar-refractivity contribution >= 4 is 17.4 Å². The molecule has 0 aliphatic heterocycles. The lowest BCUT2D eigenvalue weighted by Gasteiger charge is -1.97. The molecule has 18 heavy (non-hydrogen) atoms. The quantitative estimate of drug-likeness (QED) is 0.480. The highest BCUT2D eigenvalue weighted by molar-refractivity contribution is 7.99. The van der Waals surface area contributed by atoms with Gasteiger partial charge in [0.25, 0.3) is 10.9 Å². The van der Waals surface area contributed by atoms with Gasteiger partial charge in [-0.3, -0.25) is 10.1 Å². The number of rotatable bonds is 4. The van der Waals surface area contributed by atoms with Gasteiger partial charge in [-0.15, -0.1) is 10.2 Å². The molecule has 0 radical (unpaired) electrons. The van der Waals surface area contributed by atoms with Crippen LogP contribution >= 0.6 is 11.8 Å². The number of benzene rings is 1. The first-order chi connectivity index (χ1) is 8.56. The smallest absolute Gasteiger partial charge is 0.277 e. The van der Waals surface area contributed by atoms with Gasteiger partial charge in [-0.05, 0) is 12.1 Å². The van der Waals surface area contributed by atoms with E-state index in [2.05, 4.69) is 10.2 Å². The molecule has 0 bridgehead atoms. The van der Waals surface area contributed by atoms with Crippen LogP contribution in [0, 0.1) is 10.1 Å². The van der Waals surface area contributed by atoms with E-state index < -0.39 is 4.92 Å². The summed E-state index contributed by atoms with van der Waals surface area (Å²) >= 11 is 1.47. The zero-order valence-corrected chi connectivity index (χ0v) is 10.7. The van der Waals surface area contributed by atoms with Crippen LogP contribution in [0.2, 0.25) is 0 Å². The average Bonchev–Trinajstić information content (AvgIpc) is 2.76. The van der Waals surface area contributed by atoms with Crippen molar-refractivity contribution < 1.29 is 9.34 Å². The molecule has 0 aliphatic carbocycles. The highest BCUT2D eigenvalue weighted by Crippen LogP contribution is 2.26. The van der Waals surface area contributed by atoms with Crippen molar-refractivity contribution in [2.45, 2.75) is 24.3 Å². The van der Waals surface area contributed by atoms with Gasteiger partial charge in [0.15, 0.2) is 0 Å². The molecule has 0 saturated heterocycles. The molecule has 1 aromatic heterocycles. The van der Waals surface area contributed by atoms with E-state index in [0.29, 0.717) is 21.9 Å². The number of nitrogens with zero attached hydrogens (tertiary/aromatic N) is 3. The van der Waals surface area contributed by atoms with E-state index in [1.807, 2.05) is 13.8 Å². The van der Waals surface area contributed by atoms with E-state index in [1.54, 1.807) is 12.1 Å². The Kier molecular flexibility index (Phi) is 3.61. The number of thioether (sulfide) groups is 1. The summed E-state index contributed by atoms with van der Waals surface area (Å²) in [5.74, 6) is 0.369. The summed E-state index contributed by atoms with van der Waals surface area (Å²) < 4.78 is 5.45. The first-order valence-electron chi connectivity index (χ1n) is 5.31. The predicted molar refractivity (Wildman–Crippen MR) is 67.4 cm³/mol. The molecule has 1 heterocycles. The molecule has 0 fully saturated rings. The minimum atomic E-state index is -0.447. The van der Waals surface area contributed by atoms with E-state index in [9.17, 15) is 10.1 Å². The average molecular weight is 265 g/mol. The zero-order valence-electron chi connectivity index (χ0n) is 9.86. The standard InChI is InChI=1S/C11H11N3O3S/c1-7(2)18-11-13-12-10(17-11)8-3-5-9(6-4-8)14(15)16/h3-7H,1-2H3. The Labute approximate surface area is 108 Å². The largest absolute Gasteiger partial charge is 0.411 e. The van der Waals surface area contributed by atoms with Crippen LogP contribution in [0.25, 0.3) is 11.5 Å². The van der Waals surface area contributed by atoms with Crippen molar-refractivity contribution in [1.82, 2.24) is 10.2 Å². The summed E-state index contributed by atoms with van der Waals surface area (Å²) in [6, 6.07) is 6.01. The van der Waals surface area contributed by atoms with Gasteiger partial charge in [0.2, 0.25) is 5.89 Å². The molecule has 0 N–H and O–H groups in total. The number of hydrogen-bond donors (Lipinski definition) is 0. The number of nitro benzene ring substituents is 1. The Morgan fingerprint density at radius 2 is 1.94 bits per heavy atom. The molecule has 0 amide bonds. The first-order valence-corrected chi connectivity index (χ1v) is 6.19. The molecule has 1 aromatic carbocycles. The molecule has 0 spiro atoms. The third kappa shape index (κ3) is 2.86. The maximum atomic E-state index is 10.5. The molecule has 0 saturated carbocycles. The second kappa shape index (κ2) is 5.18. The summed E-state index contributed by atoms with van der Waals surface area (Å²) in [5.41, 5.74) is 0.707. The molecule has 6 nitrogen and oxygen atoms in total. The summed E-state index contributed by atoms with van der Waals surface area (Å²) in [5, 5.41) is 19.2. The fourth-order valence-corrected chi connectivity index (χ4v) is 1.92. The first kappa shape index (κ1) is 12.6. The van der Waals surface area contributed by atoms with Crippen LogP contribution in [0.4, 0.5) is 5.69 Å². The van der Waals surface area contributed by atoms with Gasteiger partial charge in [-0.25, -0.2) is 0 Å². The Hall–Kier alpha value is -1.89. The minimum absolute atomic E-state index is 0.0371. The summed E-state index contributed by atoms with van der Waals surface area (Å²) in [4.78, 5) is 10.1. The highest BCUT2D eigenvalue weighted by Gasteiger charge is 2.12. The number of aromatic nitrogens is 2. The second-order valence-corrected chi connectivity index (χ2v) is 5.37. The van der Waals surface area contributed by atoms with Crippen LogP contribution in [0.1, 0.15) is 13.8 Å². The third-order valence-corrected chi connectivity index (χ3v) is 2.91. The number of non-ortho nitro benzene ring substituents is 1. The van der Waals surface area contributed by atoms with Crippen molar-refractivity contribution in [3.8, 4) is 11.5 Å². The van der Waals surface area contributed by atoms with Crippen LogP contribution in [0.3, 0.4) is 0 Å². The van der Waals surface area contributed by atoms with Gasteiger partial charge in [0, 0.05) is 22.9 Å². The molecular formula is C11H11N3O3S. The molecule has 2 rings (SSSR count). The van der Waals surface area contributed by atoms with Gasteiger partial charge in [-0.1, -0.05) is 25.6 Å². The second-order valence-electron chi connectivity index (χ2n) is 3.84. The third-order valence-electron chi connectivity index (χ3n) is 2.07. The van der Waals surface area contributed by atoms with Crippen LogP contribution in [-0.2, 0) is 0 Å². The SMILES string of the molecule is CC(C)Sc1nnc(-c2ccc([N+](=O)[O-])cc2)o1. The lowest BCUT2D eigenvalue weighted by Crippen LogP contribution is -1.87. The van der Waals surface area contributed by atoms with Crippen LogP contribution < -0.4 is 0 Å². The van der Waals surface area contributed by atoms with E-state index in [0.717, 1.165) is 0 Å². The normalized spacial score (nSPS) is 10.8. The lowest BCUT2D eigenvalue weighted by molar-refractivity contribution is -0.384. The van der Waals surface area contributed by atoms with E-state index in [1.165, 1.54) is 23.9 Å². The van der Waals surface area contributed by atoms with Crippen LogP contribution in [0.15, 0.2) is 33.9 Å². The Balaban J connectivity index is 2.20. The Morgan fingerprint density at radius 1 is 1.28 bits per heavy atom. The van der Waals surface area contributed by atoms with Crippen molar-refractivity contribution in [2.75, 3.05) is 0 Å². The summed E-state index contributed by atoms with van der Waals surface area (Å²) in [7, 11) is 0. The molecular weight excluding hydrogens is 254 g/mol. The Morgan fingerprint density at radius 3 is 2.50 bits per heavy atom. The fourth-order valence-electron chi connectivity index (χ4n) is 1.30. The summed E-state index contributed by atoms with van der Waals surface area (Å²) in [6.45, 7) is 4.06. The van der Waals surface area contributed by atoms with Crippen molar-refractivity contribution in [1.29, 1.82) is 0 Å². The summed E-state index contributed by atoms with van der Waals surface area (Å²) in [6.07, 6.45) is 0. The molecule has 2 aromatic rings. The van der Waals surface area contributed by atoms with E-state index in [4.69, 9.17) is 4.42 Å². The topological polar surface area (TPSA) is 82.1 Å². The zero-order chi connectivity index (χ0) is 13.1. The molecule has 7 heteroatoms. The van der Waals surface area contributed by atoms with Crippen molar-refractivity contribution in [2.24, 2.45) is 0 Å². The van der Waals surface area contributed by atoms with E-state index >= 15 is 0 Å². The van der Waals surface area contributed by atoms with Gasteiger partial charge in [0.1, 0.15) is 0 Å². The van der Waals surface area contributed by atoms with Gasteiger partial charge >= 0.3 is 0 Å². The van der Waals surface area contributed by atoms with Gasteiger partial charge in [0.05, 0.1) is 4.92 Å². The maximum absolute atomic E-state index is 10.5. The molecule has 0 atom stereocenters. The van der Waals surface area contributed by atoms with Crippen LogP contribution in [-0.4, -0.2) is 20.4 Å². The molecule has 0 aliphatic rings. The van der Waals surface area contributed by atoms with Gasteiger partial charge in [-0.2, -0.15) is 0 Å². The monoisotopic (exact) mass is 265 g/mol. The highest BCUT2D eigenvalue weighted by atomic mass is 32.2. The molecule has 94 valence electrons. The van der Waals surface area contributed by atoms with Crippen molar-refractivity contribution in [3.05, 3.63) is 34.4 Å². The maximum Gasteiger partial charge on any atom is 0.277 e. The Bertz CT molecular complexity index is 551. The van der Waals surface area contributed by atoms with Crippen LogP contribution in [0.5, 0.6) is 0 Å². The predicted octanol–water partition coefficient (Wildman–Crippen LogP) is 3.15. The minimum Gasteiger partial charge on any atom is -0.411 e. The lowest BCUT2D eigenvalue weighted by atomic mass is 10.2. The van der Waals surface area contributed by atoms with Gasteiger partial charge < -0.3 is 4.42 Å². The van der Waals surface area contributed by atoms with E-state index in [-0.39, 0.29) is 5.69 Å². The van der Waals surface area contributed by atoms with Crippen molar-refractivity contribution in [3.63, 3.8) is 0 Å². The number of nitro groups is 1. The number of hydrogen-bond acceptors (Lipinski definition) is 6. The fraction of sp³-hybridized carbons (Fsp3) is 0.273.